The third kappa shape index (κ3) is 10.4. The van der Waals surface area contributed by atoms with Gasteiger partial charge >= 0.3 is 11.9 Å². The lowest BCUT2D eigenvalue weighted by molar-refractivity contribution is -0.00379. The summed E-state index contributed by atoms with van der Waals surface area (Å²) < 4.78 is 30.1. The Hall–Kier alpha value is -3.82. The Morgan fingerprint density at radius 2 is 1.04 bits per heavy atom. The van der Waals surface area contributed by atoms with Gasteiger partial charge in [0.05, 0.1) is 32.5 Å². The standard InChI is InChI=1S/C36H36Br2O7/c1-41-30-17-4-24(5-18-30)6-19-31(44-35(39)26-9-13-28(37)14-10-26)23-32(45-36(40)27-11-15-29(38)16-12-27)20-7-25-8-21-33(42-2)34(22-25)43-3/h4-5,8-18,21-22,31-32H,6-7,19-20,23H2,1-3H3/t31-,32-/m1/s1. The zero-order chi connectivity index (χ0) is 32.2. The lowest BCUT2D eigenvalue weighted by Gasteiger charge is -2.25. The predicted octanol–water partition coefficient (Wildman–Crippen LogP) is 8.64. The van der Waals surface area contributed by atoms with E-state index in [1.807, 2.05) is 42.5 Å². The Bertz CT molecular complexity index is 1540. The molecule has 236 valence electrons. The van der Waals surface area contributed by atoms with Crippen LogP contribution in [-0.2, 0) is 22.3 Å². The van der Waals surface area contributed by atoms with Crippen molar-refractivity contribution in [1.82, 2.24) is 0 Å². The van der Waals surface area contributed by atoms with Crippen LogP contribution in [0.3, 0.4) is 0 Å². The fraction of sp³-hybridized carbons (Fsp3) is 0.278. The van der Waals surface area contributed by atoms with Gasteiger partial charge in [0.15, 0.2) is 11.5 Å². The highest BCUT2D eigenvalue weighted by molar-refractivity contribution is 9.10. The molecule has 0 heterocycles. The Morgan fingerprint density at radius 1 is 0.578 bits per heavy atom. The number of aryl methyl sites for hydroxylation is 2. The van der Waals surface area contributed by atoms with Crippen molar-refractivity contribution in [1.29, 1.82) is 0 Å². The number of carbonyl (C=O) groups excluding carboxylic acids is 2. The second-order valence-electron chi connectivity index (χ2n) is 10.4. The van der Waals surface area contributed by atoms with E-state index < -0.39 is 24.1 Å². The number of halogens is 2. The molecule has 9 heteroatoms. The predicted molar refractivity (Wildman–Crippen MR) is 180 cm³/mol. The van der Waals surface area contributed by atoms with Crippen LogP contribution in [0.15, 0.2) is 99.9 Å². The maximum Gasteiger partial charge on any atom is 0.338 e. The van der Waals surface area contributed by atoms with E-state index in [0.29, 0.717) is 54.7 Å². The van der Waals surface area contributed by atoms with Gasteiger partial charge in [-0.2, -0.15) is 0 Å². The van der Waals surface area contributed by atoms with Crippen LogP contribution in [0.25, 0.3) is 0 Å². The largest absolute Gasteiger partial charge is 0.497 e. The normalized spacial score (nSPS) is 12.1. The van der Waals surface area contributed by atoms with Crippen molar-refractivity contribution < 1.29 is 33.3 Å². The van der Waals surface area contributed by atoms with Crippen LogP contribution < -0.4 is 14.2 Å². The van der Waals surface area contributed by atoms with Crippen LogP contribution in [0, 0.1) is 0 Å². The van der Waals surface area contributed by atoms with E-state index in [4.69, 9.17) is 23.7 Å². The third-order valence-electron chi connectivity index (χ3n) is 7.35. The van der Waals surface area contributed by atoms with Gasteiger partial charge in [-0.15, -0.1) is 0 Å². The Kier molecular flexibility index (Phi) is 12.9. The molecule has 0 aliphatic heterocycles. The van der Waals surface area contributed by atoms with Crippen molar-refractivity contribution in [2.45, 2.75) is 44.3 Å². The van der Waals surface area contributed by atoms with Gasteiger partial charge in [0.25, 0.3) is 0 Å². The number of ether oxygens (including phenoxy) is 5. The summed E-state index contributed by atoms with van der Waals surface area (Å²) in [6, 6.07) is 27.6. The SMILES string of the molecule is COc1ccc(CC[C@H](C[C@@H](CCc2ccc(OC)c(OC)c2)OC(=O)c2ccc(Br)cc2)OC(=O)c2ccc(Br)cc2)cc1. The zero-order valence-electron chi connectivity index (χ0n) is 25.5. The maximum atomic E-state index is 13.3. The number of hydrogen-bond donors (Lipinski definition) is 0. The summed E-state index contributed by atoms with van der Waals surface area (Å²) in [5.74, 6) is 1.16. The van der Waals surface area contributed by atoms with E-state index in [1.165, 1.54) is 0 Å². The molecule has 0 saturated carbocycles. The number of methoxy groups -OCH3 is 3. The van der Waals surface area contributed by atoms with Gasteiger partial charge in [0, 0.05) is 15.4 Å². The molecular formula is C36H36Br2O7. The maximum absolute atomic E-state index is 13.3. The molecule has 4 aromatic rings. The second kappa shape index (κ2) is 17.0. The minimum Gasteiger partial charge on any atom is -0.497 e. The molecule has 0 radical (unpaired) electrons. The summed E-state index contributed by atoms with van der Waals surface area (Å²) in [6.07, 6.45) is 1.58. The van der Waals surface area contributed by atoms with Crippen molar-refractivity contribution >= 4 is 43.8 Å². The minimum atomic E-state index is -0.534. The Morgan fingerprint density at radius 3 is 1.51 bits per heavy atom. The first-order valence-corrected chi connectivity index (χ1v) is 16.1. The molecule has 45 heavy (non-hydrogen) atoms. The van der Waals surface area contributed by atoms with Gasteiger partial charge in [-0.25, -0.2) is 9.59 Å². The van der Waals surface area contributed by atoms with E-state index in [9.17, 15) is 9.59 Å². The van der Waals surface area contributed by atoms with E-state index in [2.05, 4.69) is 31.9 Å². The summed E-state index contributed by atoms with van der Waals surface area (Å²) in [7, 11) is 4.82. The van der Waals surface area contributed by atoms with E-state index in [1.54, 1.807) is 69.9 Å². The Balaban J connectivity index is 1.56. The monoisotopic (exact) mass is 738 g/mol. The van der Waals surface area contributed by atoms with Crippen LogP contribution in [0.1, 0.15) is 51.1 Å². The topological polar surface area (TPSA) is 80.3 Å². The summed E-state index contributed by atoms with van der Waals surface area (Å²) in [5, 5.41) is 0. The number of benzene rings is 4. The molecule has 0 amide bonds. The fourth-order valence-corrected chi connectivity index (χ4v) is 5.37. The molecular weight excluding hydrogens is 704 g/mol. The minimum absolute atomic E-state index is 0.327. The van der Waals surface area contributed by atoms with Gasteiger partial charge in [-0.05, 0) is 110 Å². The first-order chi connectivity index (χ1) is 21.8. The molecule has 0 N–H and O–H groups in total. The quantitative estimate of drug-likeness (QED) is 0.113. The van der Waals surface area contributed by atoms with E-state index in [0.717, 1.165) is 25.8 Å². The van der Waals surface area contributed by atoms with Crippen molar-refractivity contribution in [2.75, 3.05) is 21.3 Å². The molecule has 0 aromatic heterocycles. The number of rotatable bonds is 15. The van der Waals surface area contributed by atoms with Crippen molar-refractivity contribution in [2.24, 2.45) is 0 Å². The lowest BCUT2D eigenvalue weighted by atomic mass is 9.98. The third-order valence-corrected chi connectivity index (χ3v) is 8.41. The van der Waals surface area contributed by atoms with Crippen molar-refractivity contribution in [3.63, 3.8) is 0 Å². The van der Waals surface area contributed by atoms with Gasteiger partial charge in [-0.3, -0.25) is 0 Å². The summed E-state index contributed by atoms with van der Waals surface area (Å²) in [6.45, 7) is 0. The summed E-state index contributed by atoms with van der Waals surface area (Å²) in [5.41, 5.74) is 2.96. The first kappa shape index (κ1) is 34.1. The van der Waals surface area contributed by atoms with Crippen LogP contribution in [0.4, 0.5) is 0 Å². The number of hydrogen-bond acceptors (Lipinski definition) is 7. The molecule has 0 fully saturated rings. The van der Waals surface area contributed by atoms with Crippen molar-refractivity contribution in [3.8, 4) is 17.2 Å². The van der Waals surface area contributed by atoms with Crippen LogP contribution in [-0.4, -0.2) is 45.5 Å². The summed E-state index contributed by atoms with van der Waals surface area (Å²) >= 11 is 6.82. The number of carbonyl (C=O) groups is 2. The fourth-order valence-electron chi connectivity index (χ4n) is 4.84. The average Bonchev–Trinajstić information content (AvgIpc) is 3.06. The highest BCUT2D eigenvalue weighted by Gasteiger charge is 2.25. The molecule has 0 aliphatic rings. The van der Waals surface area contributed by atoms with E-state index >= 15 is 0 Å². The molecule has 0 unspecified atom stereocenters. The number of esters is 2. The van der Waals surface area contributed by atoms with Gasteiger partial charge in [0.2, 0.25) is 0 Å². The highest BCUT2D eigenvalue weighted by Crippen LogP contribution is 2.29. The van der Waals surface area contributed by atoms with E-state index in [-0.39, 0.29) is 0 Å². The smallest absolute Gasteiger partial charge is 0.338 e. The van der Waals surface area contributed by atoms with Gasteiger partial charge in [-0.1, -0.05) is 50.1 Å². The van der Waals surface area contributed by atoms with Crippen LogP contribution in [0.2, 0.25) is 0 Å². The van der Waals surface area contributed by atoms with Crippen LogP contribution in [0.5, 0.6) is 17.2 Å². The molecule has 7 nitrogen and oxygen atoms in total. The lowest BCUT2D eigenvalue weighted by Crippen LogP contribution is -2.28. The Labute approximate surface area is 281 Å². The zero-order valence-corrected chi connectivity index (χ0v) is 28.6. The molecule has 0 aliphatic carbocycles. The average molecular weight is 740 g/mol. The first-order valence-electron chi connectivity index (χ1n) is 14.5. The van der Waals surface area contributed by atoms with Crippen molar-refractivity contribution in [3.05, 3.63) is 122 Å². The summed E-state index contributed by atoms with van der Waals surface area (Å²) in [4.78, 5) is 26.5. The van der Waals surface area contributed by atoms with Gasteiger partial charge < -0.3 is 23.7 Å². The molecule has 0 spiro atoms. The van der Waals surface area contributed by atoms with Gasteiger partial charge in [0.1, 0.15) is 18.0 Å². The molecule has 0 bridgehead atoms. The van der Waals surface area contributed by atoms with Crippen LogP contribution >= 0.6 is 31.9 Å². The molecule has 2 atom stereocenters. The molecule has 4 aromatic carbocycles. The second-order valence-corrected chi connectivity index (χ2v) is 12.3. The molecule has 0 saturated heterocycles. The highest BCUT2D eigenvalue weighted by atomic mass is 79.9. The molecule has 4 rings (SSSR count).